The Labute approximate surface area is 65.4 Å². The molecule has 0 aliphatic rings. The average Bonchev–Trinajstić information content (AvgIpc) is 1.99. The molecule has 0 aliphatic heterocycles. The van der Waals surface area contributed by atoms with Gasteiger partial charge in [-0.05, 0) is 13.3 Å². The highest BCUT2D eigenvalue weighted by Gasteiger charge is 2.15. The van der Waals surface area contributed by atoms with E-state index in [1.807, 2.05) is 6.07 Å². The SMILES string of the molecule is CCC(C#N)OC(C)C(=O)O. The third kappa shape index (κ3) is 3.58. The quantitative estimate of drug-likeness (QED) is 0.654. The van der Waals surface area contributed by atoms with Crippen molar-refractivity contribution < 1.29 is 14.6 Å². The first-order chi connectivity index (χ1) is 5.11. The normalized spacial score (nSPS) is 15.0. The lowest BCUT2D eigenvalue weighted by atomic mass is 10.3. The van der Waals surface area contributed by atoms with Crippen LogP contribution in [0.5, 0.6) is 0 Å². The van der Waals surface area contributed by atoms with E-state index in [4.69, 9.17) is 15.1 Å². The maximum absolute atomic E-state index is 10.2. The molecule has 0 aromatic rings. The first-order valence-corrected chi connectivity index (χ1v) is 3.39. The van der Waals surface area contributed by atoms with Crippen molar-refractivity contribution in [1.82, 2.24) is 0 Å². The second-order valence-corrected chi connectivity index (χ2v) is 2.14. The fraction of sp³-hybridized carbons (Fsp3) is 0.714. The zero-order valence-electron chi connectivity index (χ0n) is 6.57. The predicted octanol–water partition coefficient (Wildman–Crippen LogP) is 0.778. The molecule has 0 aliphatic carbocycles. The Morgan fingerprint density at radius 2 is 2.36 bits per heavy atom. The molecule has 0 saturated heterocycles. The minimum Gasteiger partial charge on any atom is -0.479 e. The first kappa shape index (κ1) is 9.92. The molecule has 0 bridgehead atoms. The van der Waals surface area contributed by atoms with E-state index >= 15 is 0 Å². The number of nitrogens with zero attached hydrogens (tertiary/aromatic N) is 1. The lowest BCUT2D eigenvalue weighted by Crippen LogP contribution is -2.25. The van der Waals surface area contributed by atoms with Crippen molar-refractivity contribution in [3.63, 3.8) is 0 Å². The largest absolute Gasteiger partial charge is 0.479 e. The molecule has 0 aromatic heterocycles. The number of carbonyl (C=O) groups is 1. The van der Waals surface area contributed by atoms with E-state index < -0.39 is 18.2 Å². The van der Waals surface area contributed by atoms with Crippen molar-refractivity contribution in [3.8, 4) is 6.07 Å². The van der Waals surface area contributed by atoms with Crippen molar-refractivity contribution in [2.24, 2.45) is 0 Å². The van der Waals surface area contributed by atoms with Gasteiger partial charge < -0.3 is 9.84 Å². The Hall–Kier alpha value is -1.08. The summed E-state index contributed by atoms with van der Waals surface area (Å²) in [5.74, 6) is -1.04. The molecular formula is C7H11NO3. The summed E-state index contributed by atoms with van der Waals surface area (Å²) < 4.78 is 4.85. The van der Waals surface area contributed by atoms with Crippen molar-refractivity contribution in [3.05, 3.63) is 0 Å². The number of nitriles is 1. The predicted molar refractivity (Wildman–Crippen MR) is 37.9 cm³/mol. The highest BCUT2D eigenvalue weighted by Crippen LogP contribution is 2.01. The highest BCUT2D eigenvalue weighted by atomic mass is 16.5. The number of ether oxygens (including phenoxy) is 1. The van der Waals surface area contributed by atoms with E-state index in [0.29, 0.717) is 6.42 Å². The van der Waals surface area contributed by atoms with E-state index in [1.54, 1.807) is 6.92 Å². The van der Waals surface area contributed by atoms with Crippen LogP contribution >= 0.6 is 0 Å². The number of hydrogen-bond acceptors (Lipinski definition) is 3. The molecule has 4 nitrogen and oxygen atoms in total. The van der Waals surface area contributed by atoms with Crippen LogP contribution in [0, 0.1) is 11.3 Å². The van der Waals surface area contributed by atoms with Crippen LogP contribution in [0.4, 0.5) is 0 Å². The highest BCUT2D eigenvalue weighted by molar-refractivity contribution is 5.71. The van der Waals surface area contributed by atoms with Gasteiger partial charge in [0.05, 0.1) is 6.07 Å². The number of carboxylic acid groups (broad SMARTS) is 1. The molecule has 0 heterocycles. The zero-order chi connectivity index (χ0) is 8.85. The van der Waals surface area contributed by atoms with Crippen LogP contribution in [-0.2, 0) is 9.53 Å². The molecule has 0 fully saturated rings. The Balaban J connectivity index is 3.83. The summed E-state index contributed by atoms with van der Waals surface area (Å²) in [6.45, 7) is 3.17. The monoisotopic (exact) mass is 157 g/mol. The molecule has 1 N–H and O–H groups in total. The summed E-state index contributed by atoms with van der Waals surface area (Å²) in [6, 6.07) is 1.85. The Morgan fingerprint density at radius 1 is 1.82 bits per heavy atom. The standard InChI is InChI=1S/C7H11NO3/c1-3-6(4-8)11-5(2)7(9)10/h5-6H,3H2,1-2H3,(H,9,10). The molecule has 0 spiro atoms. The number of hydrogen-bond donors (Lipinski definition) is 1. The average molecular weight is 157 g/mol. The molecule has 11 heavy (non-hydrogen) atoms. The number of rotatable bonds is 4. The van der Waals surface area contributed by atoms with Gasteiger partial charge in [0.1, 0.15) is 6.10 Å². The Kier molecular flexibility index (Phi) is 4.23. The van der Waals surface area contributed by atoms with E-state index in [1.165, 1.54) is 6.92 Å². The summed E-state index contributed by atoms with van der Waals surface area (Å²) in [5, 5.41) is 16.8. The van der Waals surface area contributed by atoms with Crippen molar-refractivity contribution in [1.29, 1.82) is 5.26 Å². The molecule has 0 amide bonds. The van der Waals surface area contributed by atoms with Crippen molar-refractivity contribution in [2.75, 3.05) is 0 Å². The second kappa shape index (κ2) is 4.69. The number of carboxylic acids is 1. The van der Waals surface area contributed by atoms with Gasteiger partial charge in [0, 0.05) is 0 Å². The van der Waals surface area contributed by atoms with Crippen LogP contribution in [0.3, 0.4) is 0 Å². The molecular weight excluding hydrogens is 146 g/mol. The smallest absolute Gasteiger partial charge is 0.332 e. The zero-order valence-corrected chi connectivity index (χ0v) is 6.57. The van der Waals surface area contributed by atoms with Gasteiger partial charge in [-0.3, -0.25) is 0 Å². The van der Waals surface area contributed by atoms with Crippen molar-refractivity contribution >= 4 is 5.97 Å². The second-order valence-electron chi connectivity index (χ2n) is 2.14. The van der Waals surface area contributed by atoms with Crippen LogP contribution in [0.25, 0.3) is 0 Å². The third-order valence-electron chi connectivity index (χ3n) is 1.23. The van der Waals surface area contributed by atoms with Gasteiger partial charge in [-0.2, -0.15) is 5.26 Å². The molecule has 4 heteroatoms. The van der Waals surface area contributed by atoms with Crippen LogP contribution in [-0.4, -0.2) is 23.3 Å². The van der Waals surface area contributed by atoms with Crippen LogP contribution in [0.2, 0.25) is 0 Å². The topological polar surface area (TPSA) is 70.3 Å². The number of aliphatic carboxylic acids is 1. The Morgan fingerprint density at radius 3 is 2.64 bits per heavy atom. The molecule has 2 atom stereocenters. The van der Waals surface area contributed by atoms with Gasteiger partial charge >= 0.3 is 5.97 Å². The van der Waals surface area contributed by atoms with E-state index in [-0.39, 0.29) is 0 Å². The van der Waals surface area contributed by atoms with Gasteiger partial charge in [-0.1, -0.05) is 6.92 Å². The van der Waals surface area contributed by atoms with Gasteiger partial charge in [0.15, 0.2) is 6.10 Å². The maximum Gasteiger partial charge on any atom is 0.332 e. The first-order valence-electron chi connectivity index (χ1n) is 3.39. The van der Waals surface area contributed by atoms with Crippen LogP contribution < -0.4 is 0 Å². The van der Waals surface area contributed by atoms with E-state index in [9.17, 15) is 4.79 Å². The Bertz CT molecular complexity index is 173. The molecule has 0 saturated carbocycles. The summed E-state index contributed by atoms with van der Waals surface area (Å²) in [6.07, 6.45) is -1.01. The van der Waals surface area contributed by atoms with Crippen LogP contribution in [0.15, 0.2) is 0 Å². The lowest BCUT2D eigenvalue weighted by molar-refractivity contribution is -0.151. The van der Waals surface area contributed by atoms with Gasteiger partial charge in [0.2, 0.25) is 0 Å². The minimum atomic E-state index is -1.04. The fourth-order valence-electron chi connectivity index (χ4n) is 0.523. The fourth-order valence-corrected chi connectivity index (χ4v) is 0.523. The molecule has 2 unspecified atom stereocenters. The van der Waals surface area contributed by atoms with Gasteiger partial charge in [-0.15, -0.1) is 0 Å². The molecule has 62 valence electrons. The van der Waals surface area contributed by atoms with Gasteiger partial charge in [-0.25, -0.2) is 4.79 Å². The summed E-state index contributed by atoms with van der Waals surface area (Å²) in [4.78, 5) is 10.2. The molecule has 0 radical (unpaired) electrons. The molecule has 0 rings (SSSR count). The maximum atomic E-state index is 10.2. The minimum absolute atomic E-state index is 0.508. The summed E-state index contributed by atoms with van der Waals surface area (Å²) in [7, 11) is 0. The summed E-state index contributed by atoms with van der Waals surface area (Å²) in [5.41, 5.74) is 0. The van der Waals surface area contributed by atoms with Gasteiger partial charge in [0.25, 0.3) is 0 Å². The molecule has 0 aromatic carbocycles. The lowest BCUT2D eigenvalue weighted by Gasteiger charge is -2.11. The van der Waals surface area contributed by atoms with E-state index in [0.717, 1.165) is 0 Å². The van der Waals surface area contributed by atoms with Crippen LogP contribution in [0.1, 0.15) is 20.3 Å². The van der Waals surface area contributed by atoms with Crippen molar-refractivity contribution in [2.45, 2.75) is 32.5 Å². The third-order valence-corrected chi connectivity index (χ3v) is 1.23. The van der Waals surface area contributed by atoms with E-state index in [2.05, 4.69) is 0 Å². The summed E-state index contributed by atoms with van der Waals surface area (Å²) >= 11 is 0.